The minimum Gasteiger partial charge on any atom is -0.490 e. The zero-order valence-electron chi connectivity index (χ0n) is 22.5. The van der Waals surface area contributed by atoms with E-state index in [-0.39, 0.29) is 19.0 Å². The Balaban J connectivity index is 1.57. The number of nitrogens with two attached hydrogens (primary N) is 2. The van der Waals surface area contributed by atoms with Crippen molar-refractivity contribution in [3.05, 3.63) is 59.7 Å². The number of hydrogen-bond acceptors (Lipinski definition) is 9. The molecule has 6 N–H and O–H groups in total. The Morgan fingerprint density at radius 3 is 2.26 bits per heavy atom. The molecule has 0 bridgehead atoms. The molecule has 0 aromatic heterocycles. The fourth-order valence-electron chi connectivity index (χ4n) is 3.80. The molecule has 0 saturated carbocycles. The van der Waals surface area contributed by atoms with Gasteiger partial charge in [0.2, 0.25) is 5.54 Å². The summed E-state index contributed by atoms with van der Waals surface area (Å²) in [5, 5.41) is 9.95. The van der Waals surface area contributed by atoms with Crippen molar-refractivity contribution in [2.75, 3.05) is 25.2 Å². The molecule has 0 aliphatic carbocycles. The maximum atomic E-state index is 12.7. The van der Waals surface area contributed by atoms with E-state index in [0.29, 0.717) is 30.1 Å². The molecule has 1 aliphatic rings. The Bertz CT molecular complexity index is 1190. The molecule has 1 fully saturated rings. The normalized spacial score (nSPS) is 16.6. The maximum absolute atomic E-state index is 12.7. The molecular weight excluding hydrogens is 506 g/mol. The van der Waals surface area contributed by atoms with Gasteiger partial charge in [-0.25, -0.2) is 14.4 Å². The van der Waals surface area contributed by atoms with Crippen molar-refractivity contribution in [2.24, 2.45) is 11.5 Å². The summed E-state index contributed by atoms with van der Waals surface area (Å²) >= 11 is 0. The molecule has 2 atom stereocenters. The van der Waals surface area contributed by atoms with Crippen LogP contribution in [0.25, 0.3) is 0 Å². The molecule has 3 rings (SSSR count). The molecule has 12 heteroatoms. The summed E-state index contributed by atoms with van der Waals surface area (Å²) in [6.45, 7) is 5.89. The van der Waals surface area contributed by atoms with E-state index in [9.17, 15) is 14.4 Å². The van der Waals surface area contributed by atoms with E-state index in [1.807, 2.05) is 12.1 Å². The molecular formula is C27H35N5O7. The zero-order valence-corrected chi connectivity index (χ0v) is 22.5. The Hall–Kier alpha value is -4.32. The van der Waals surface area contributed by atoms with Gasteiger partial charge < -0.3 is 35.7 Å². The van der Waals surface area contributed by atoms with Crippen LogP contribution < -0.4 is 26.4 Å². The van der Waals surface area contributed by atoms with Gasteiger partial charge in [-0.1, -0.05) is 24.3 Å². The number of guanidine groups is 1. The van der Waals surface area contributed by atoms with Crippen molar-refractivity contribution >= 4 is 29.7 Å². The first-order chi connectivity index (χ1) is 18.3. The van der Waals surface area contributed by atoms with E-state index in [1.165, 1.54) is 4.90 Å². The summed E-state index contributed by atoms with van der Waals surface area (Å²) < 4.78 is 21.4. The molecule has 1 amide bonds. The Morgan fingerprint density at radius 2 is 1.69 bits per heavy atom. The fourth-order valence-corrected chi connectivity index (χ4v) is 3.80. The van der Waals surface area contributed by atoms with Gasteiger partial charge in [-0.3, -0.25) is 10.3 Å². The van der Waals surface area contributed by atoms with E-state index in [2.05, 4.69) is 5.32 Å². The molecule has 1 heterocycles. The van der Waals surface area contributed by atoms with Crippen LogP contribution in [0, 0.1) is 5.41 Å². The average molecular weight is 542 g/mol. The zero-order chi connectivity index (χ0) is 28.8. The number of nitrogens with zero attached hydrogens (tertiary/aromatic N) is 1. The number of amides is 1. The van der Waals surface area contributed by atoms with Crippen LogP contribution in [0.2, 0.25) is 0 Å². The lowest BCUT2D eigenvalue weighted by Gasteiger charge is -2.29. The molecule has 0 spiro atoms. The number of rotatable bonds is 10. The molecule has 2 unspecified atom stereocenters. The molecule has 0 radical (unpaired) electrons. The van der Waals surface area contributed by atoms with Crippen LogP contribution in [-0.4, -0.2) is 61.5 Å². The van der Waals surface area contributed by atoms with E-state index < -0.39 is 35.3 Å². The summed E-state index contributed by atoms with van der Waals surface area (Å²) in [7, 11) is 1.16. The summed E-state index contributed by atoms with van der Waals surface area (Å²) in [5.41, 5.74) is 10.8. The highest BCUT2D eigenvalue weighted by Gasteiger charge is 2.46. The van der Waals surface area contributed by atoms with Gasteiger partial charge in [0.1, 0.15) is 18.0 Å². The summed E-state index contributed by atoms with van der Waals surface area (Å²) in [5.74, 6) is -1.38. The lowest BCUT2D eigenvalue weighted by atomic mass is 9.91. The fraction of sp³-hybridized carbons (Fsp3) is 0.407. The van der Waals surface area contributed by atoms with Gasteiger partial charge in [-0.05, 0) is 56.2 Å². The standard InChI is InChI=1S/C27H35N5O7/c1-26(2,3)39-23(34)27(30,22(33)36-4)13-17-7-11-20(12-8-17)37-16-21-15-32(25(35)38-21)19-9-5-18(6-10-19)14-31-24(28)29/h5-12,21H,13-16,30H2,1-4H3,(H4,28,29,31). The van der Waals surface area contributed by atoms with Gasteiger partial charge in [-0.15, -0.1) is 0 Å². The molecule has 210 valence electrons. The van der Waals surface area contributed by atoms with Crippen molar-refractivity contribution in [2.45, 2.75) is 51.0 Å². The predicted molar refractivity (Wildman–Crippen MR) is 143 cm³/mol. The van der Waals surface area contributed by atoms with Crippen LogP contribution in [0.4, 0.5) is 10.5 Å². The lowest BCUT2D eigenvalue weighted by molar-refractivity contribution is -0.170. The average Bonchev–Trinajstić information content (AvgIpc) is 3.26. The third kappa shape index (κ3) is 7.84. The maximum Gasteiger partial charge on any atom is 0.414 e. The van der Waals surface area contributed by atoms with Crippen LogP contribution in [-0.2, 0) is 36.8 Å². The second kappa shape index (κ2) is 12.0. The predicted octanol–water partition coefficient (Wildman–Crippen LogP) is 1.83. The lowest BCUT2D eigenvalue weighted by Crippen LogP contribution is -2.59. The van der Waals surface area contributed by atoms with Crippen molar-refractivity contribution in [3.63, 3.8) is 0 Å². The van der Waals surface area contributed by atoms with E-state index in [1.54, 1.807) is 57.2 Å². The molecule has 1 saturated heterocycles. The summed E-state index contributed by atoms with van der Waals surface area (Å²) in [4.78, 5) is 39.0. The van der Waals surface area contributed by atoms with Crippen LogP contribution in [0.15, 0.2) is 48.5 Å². The quantitative estimate of drug-likeness (QED) is 0.114. The number of carbonyl (C=O) groups excluding carboxylic acids is 3. The van der Waals surface area contributed by atoms with Gasteiger partial charge >= 0.3 is 18.0 Å². The highest BCUT2D eigenvalue weighted by atomic mass is 16.6. The second-order valence-corrected chi connectivity index (χ2v) is 10.1. The van der Waals surface area contributed by atoms with Gasteiger partial charge in [-0.2, -0.15) is 0 Å². The number of benzene rings is 2. The van der Waals surface area contributed by atoms with Crippen LogP contribution in [0.3, 0.4) is 0 Å². The second-order valence-electron chi connectivity index (χ2n) is 10.1. The van der Waals surface area contributed by atoms with Crippen LogP contribution in [0.5, 0.6) is 5.75 Å². The molecule has 2 aromatic carbocycles. The third-order valence-electron chi connectivity index (χ3n) is 5.76. The first-order valence-electron chi connectivity index (χ1n) is 12.3. The molecule has 1 aliphatic heterocycles. The van der Waals surface area contributed by atoms with E-state index in [0.717, 1.165) is 12.7 Å². The Kier molecular flexibility index (Phi) is 9.02. The van der Waals surface area contributed by atoms with Crippen molar-refractivity contribution in [3.8, 4) is 5.75 Å². The summed E-state index contributed by atoms with van der Waals surface area (Å²) in [6.07, 6.45) is -1.09. The molecule has 39 heavy (non-hydrogen) atoms. The van der Waals surface area contributed by atoms with E-state index in [4.69, 9.17) is 35.8 Å². The van der Waals surface area contributed by atoms with Crippen LogP contribution in [0.1, 0.15) is 31.9 Å². The first-order valence-corrected chi connectivity index (χ1v) is 12.3. The number of ether oxygens (including phenoxy) is 4. The van der Waals surface area contributed by atoms with Crippen molar-refractivity contribution in [1.82, 2.24) is 5.32 Å². The topological polar surface area (TPSA) is 179 Å². The monoisotopic (exact) mass is 541 g/mol. The Morgan fingerprint density at radius 1 is 1.08 bits per heavy atom. The Labute approximate surface area is 227 Å². The number of esters is 2. The smallest absolute Gasteiger partial charge is 0.414 e. The van der Waals surface area contributed by atoms with E-state index >= 15 is 0 Å². The molecule has 12 nitrogen and oxygen atoms in total. The van der Waals surface area contributed by atoms with Gasteiger partial charge in [0.25, 0.3) is 0 Å². The van der Waals surface area contributed by atoms with Gasteiger partial charge in [0, 0.05) is 18.7 Å². The van der Waals surface area contributed by atoms with Crippen molar-refractivity contribution < 1.29 is 33.3 Å². The number of anilines is 1. The highest BCUT2D eigenvalue weighted by molar-refractivity contribution is 6.05. The van der Waals surface area contributed by atoms with Crippen molar-refractivity contribution in [1.29, 1.82) is 5.41 Å². The summed E-state index contributed by atoms with van der Waals surface area (Å²) in [6, 6.07) is 14.0. The van der Waals surface area contributed by atoms with Gasteiger partial charge in [0.05, 0.1) is 13.7 Å². The van der Waals surface area contributed by atoms with Gasteiger partial charge in [0.15, 0.2) is 12.1 Å². The SMILES string of the molecule is COC(=O)C(N)(Cc1ccc(OCC2CN(c3ccc(CNC(=N)N)cc3)C(=O)O2)cc1)C(=O)OC(C)(C)C. The van der Waals surface area contributed by atoms with Crippen LogP contribution >= 0.6 is 0 Å². The number of nitrogens with one attached hydrogen (secondary N) is 2. The first kappa shape index (κ1) is 29.2. The number of carbonyl (C=O) groups is 3. The third-order valence-corrected chi connectivity index (χ3v) is 5.76. The number of methoxy groups -OCH3 is 1. The number of hydrogen-bond donors (Lipinski definition) is 4. The highest BCUT2D eigenvalue weighted by Crippen LogP contribution is 2.24. The molecule has 2 aromatic rings. The largest absolute Gasteiger partial charge is 0.490 e. The number of cyclic esters (lactones) is 1. The minimum absolute atomic E-state index is 0.117. The minimum atomic E-state index is -2.01.